The third-order valence-electron chi connectivity index (χ3n) is 2.18. The molecule has 0 atom stereocenters. The molecule has 1 aromatic carbocycles. The van der Waals surface area contributed by atoms with Gasteiger partial charge in [-0.25, -0.2) is 4.98 Å². The van der Waals surface area contributed by atoms with E-state index in [9.17, 15) is 0 Å². The van der Waals surface area contributed by atoms with Crippen LogP contribution in [0.25, 0.3) is 0 Å². The Bertz CT molecular complexity index is 440. The van der Waals surface area contributed by atoms with E-state index in [1.807, 2.05) is 36.4 Å². The van der Waals surface area contributed by atoms with Crippen molar-refractivity contribution in [2.45, 2.75) is 5.03 Å². The monoisotopic (exact) mass is 280 g/mol. The molecule has 0 radical (unpaired) electrons. The molecule has 2 aromatic rings. The summed E-state index contributed by atoms with van der Waals surface area (Å²) in [6, 6.07) is 11.1. The summed E-state index contributed by atoms with van der Waals surface area (Å²) in [4.78, 5) is 4.19. The first-order chi connectivity index (χ1) is 8.74. The first-order valence-corrected chi connectivity index (χ1v) is 6.83. The van der Waals surface area contributed by atoms with Crippen LogP contribution in [0.15, 0.2) is 47.6 Å². The number of benzene rings is 1. The molecule has 94 valence electrons. The Labute approximate surface area is 115 Å². The number of anilines is 1. The lowest BCUT2D eigenvalue weighted by atomic mass is 10.3. The van der Waals surface area contributed by atoms with E-state index in [4.69, 9.17) is 22.1 Å². The van der Waals surface area contributed by atoms with Crippen LogP contribution in [-0.2, 0) is 0 Å². The number of nitrogens with zero attached hydrogens (tertiary/aromatic N) is 1. The van der Waals surface area contributed by atoms with Crippen molar-refractivity contribution in [3.63, 3.8) is 0 Å². The lowest BCUT2D eigenvalue weighted by Crippen LogP contribution is -2.00. The molecular weight excluding hydrogens is 268 g/mol. The minimum absolute atomic E-state index is 0.624. The minimum atomic E-state index is 0.624. The van der Waals surface area contributed by atoms with Gasteiger partial charge in [0.2, 0.25) is 0 Å². The van der Waals surface area contributed by atoms with Crippen LogP contribution in [0.5, 0.6) is 5.75 Å². The first-order valence-electron chi connectivity index (χ1n) is 5.47. The molecule has 0 aliphatic carbocycles. The van der Waals surface area contributed by atoms with Gasteiger partial charge in [-0.3, -0.25) is 0 Å². The Morgan fingerprint density at radius 3 is 2.61 bits per heavy atom. The van der Waals surface area contributed by atoms with Crippen LogP contribution in [0.2, 0.25) is 5.02 Å². The second-order valence-corrected chi connectivity index (χ2v) is 5.13. The van der Waals surface area contributed by atoms with Crippen molar-refractivity contribution in [1.82, 2.24) is 4.98 Å². The maximum Gasteiger partial charge on any atom is 0.119 e. The third kappa shape index (κ3) is 4.13. The number of nitrogens with two attached hydrogens (primary N) is 1. The molecule has 0 spiro atoms. The molecule has 2 rings (SSSR count). The van der Waals surface area contributed by atoms with Crippen LogP contribution >= 0.6 is 23.4 Å². The molecule has 0 bridgehead atoms. The number of rotatable bonds is 5. The van der Waals surface area contributed by atoms with Gasteiger partial charge in [0.1, 0.15) is 5.75 Å². The van der Waals surface area contributed by atoms with E-state index in [1.165, 1.54) is 0 Å². The van der Waals surface area contributed by atoms with Crippen molar-refractivity contribution in [1.29, 1.82) is 0 Å². The highest BCUT2D eigenvalue weighted by Crippen LogP contribution is 2.18. The molecule has 1 aromatic heterocycles. The molecule has 3 nitrogen and oxygen atoms in total. The van der Waals surface area contributed by atoms with Crippen molar-refractivity contribution >= 4 is 29.1 Å². The summed E-state index contributed by atoms with van der Waals surface area (Å²) in [6.07, 6.45) is 1.64. The number of halogens is 1. The first kappa shape index (κ1) is 13.1. The summed E-state index contributed by atoms with van der Waals surface area (Å²) in [6.45, 7) is 0.624. The van der Waals surface area contributed by atoms with Crippen molar-refractivity contribution in [3.05, 3.63) is 47.6 Å². The Balaban J connectivity index is 1.73. The average Bonchev–Trinajstić information content (AvgIpc) is 2.39. The van der Waals surface area contributed by atoms with E-state index in [0.717, 1.165) is 22.2 Å². The molecule has 0 saturated heterocycles. The van der Waals surface area contributed by atoms with Crippen molar-refractivity contribution in [2.75, 3.05) is 18.1 Å². The zero-order valence-corrected chi connectivity index (χ0v) is 11.2. The largest absolute Gasteiger partial charge is 0.493 e. The van der Waals surface area contributed by atoms with Gasteiger partial charge in [-0.2, -0.15) is 0 Å². The summed E-state index contributed by atoms with van der Waals surface area (Å²) in [7, 11) is 0. The molecule has 18 heavy (non-hydrogen) atoms. The van der Waals surface area contributed by atoms with Crippen molar-refractivity contribution in [2.24, 2.45) is 0 Å². The minimum Gasteiger partial charge on any atom is -0.493 e. The average molecular weight is 281 g/mol. The summed E-state index contributed by atoms with van der Waals surface area (Å²) in [5.74, 6) is 1.66. The van der Waals surface area contributed by atoms with Crippen LogP contribution in [0.4, 0.5) is 5.69 Å². The highest BCUT2D eigenvalue weighted by molar-refractivity contribution is 7.99. The van der Waals surface area contributed by atoms with Crippen LogP contribution in [0, 0.1) is 0 Å². The van der Waals surface area contributed by atoms with Gasteiger partial charge in [0, 0.05) is 17.6 Å². The molecule has 0 aliphatic rings. The maximum atomic E-state index is 5.76. The molecule has 0 aliphatic heterocycles. The normalized spacial score (nSPS) is 10.3. The lowest BCUT2D eigenvalue weighted by Gasteiger charge is -2.05. The van der Waals surface area contributed by atoms with Gasteiger partial charge in [-0.1, -0.05) is 11.6 Å². The van der Waals surface area contributed by atoms with E-state index in [2.05, 4.69) is 4.98 Å². The number of ether oxygens (including phenoxy) is 1. The van der Waals surface area contributed by atoms with Crippen LogP contribution in [-0.4, -0.2) is 17.3 Å². The van der Waals surface area contributed by atoms with Gasteiger partial charge in [-0.15, -0.1) is 11.8 Å². The van der Waals surface area contributed by atoms with Gasteiger partial charge in [-0.05, 0) is 36.4 Å². The van der Waals surface area contributed by atoms with Gasteiger partial charge in [0.25, 0.3) is 0 Å². The van der Waals surface area contributed by atoms with Crippen molar-refractivity contribution in [3.8, 4) is 5.75 Å². The standard InChI is InChI=1S/C13H13ClN2OS/c14-10-1-6-13(16-9-10)18-8-7-17-12-4-2-11(15)3-5-12/h1-6,9H,7-8,15H2. The SMILES string of the molecule is Nc1ccc(OCCSc2ccc(Cl)cn2)cc1. The molecule has 2 N–H and O–H groups in total. The van der Waals surface area contributed by atoms with Crippen LogP contribution < -0.4 is 10.5 Å². The van der Waals surface area contributed by atoms with Gasteiger partial charge < -0.3 is 10.5 Å². The highest BCUT2D eigenvalue weighted by atomic mass is 35.5. The van der Waals surface area contributed by atoms with Crippen LogP contribution in [0.3, 0.4) is 0 Å². The molecule has 0 saturated carbocycles. The number of thioether (sulfide) groups is 1. The predicted octanol–water partition coefficient (Wildman–Crippen LogP) is 3.49. The van der Waals surface area contributed by atoms with Gasteiger partial charge in [0.05, 0.1) is 16.7 Å². The fourth-order valence-electron chi connectivity index (χ4n) is 1.32. The van der Waals surface area contributed by atoms with Gasteiger partial charge in [0.15, 0.2) is 0 Å². The summed E-state index contributed by atoms with van der Waals surface area (Å²) < 4.78 is 5.58. The Morgan fingerprint density at radius 1 is 1.17 bits per heavy atom. The summed E-state index contributed by atoms with van der Waals surface area (Å²) in [5.41, 5.74) is 6.33. The topological polar surface area (TPSA) is 48.1 Å². The highest BCUT2D eigenvalue weighted by Gasteiger charge is 1.97. The summed E-state index contributed by atoms with van der Waals surface area (Å²) >= 11 is 7.39. The fraction of sp³-hybridized carbons (Fsp3) is 0.154. The zero-order chi connectivity index (χ0) is 12.8. The number of aromatic nitrogens is 1. The van der Waals surface area contributed by atoms with Gasteiger partial charge >= 0.3 is 0 Å². The molecule has 5 heteroatoms. The second-order valence-electron chi connectivity index (χ2n) is 3.58. The second kappa shape index (κ2) is 6.52. The predicted molar refractivity (Wildman–Crippen MR) is 76.3 cm³/mol. The van der Waals surface area contributed by atoms with E-state index in [0.29, 0.717) is 11.6 Å². The number of hydrogen-bond donors (Lipinski definition) is 1. The molecule has 0 unspecified atom stereocenters. The number of nitrogen functional groups attached to an aromatic ring is 1. The Morgan fingerprint density at radius 2 is 1.94 bits per heavy atom. The quantitative estimate of drug-likeness (QED) is 0.517. The molecule has 0 fully saturated rings. The number of pyridine rings is 1. The van der Waals surface area contributed by atoms with E-state index in [1.54, 1.807) is 18.0 Å². The fourth-order valence-corrected chi connectivity index (χ4v) is 2.10. The Kier molecular flexibility index (Phi) is 4.73. The smallest absolute Gasteiger partial charge is 0.119 e. The lowest BCUT2D eigenvalue weighted by molar-refractivity contribution is 0.344. The third-order valence-corrected chi connectivity index (χ3v) is 3.31. The van der Waals surface area contributed by atoms with Crippen LogP contribution in [0.1, 0.15) is 0 Å². The molecular formula is C13H13ClN2OS. The number of hydrogen-bond acceptors (Lipinski definition) is 4. The van der Waals surface area contributed by atoms with Crippen molar-refractivity contribution < 1.29 is 4.74 Å². The molecule has 1 heterocycles. The van der Waals surface area contributed by atoms with E-state index < -0.39 is 0 Å². The Hall–Kier alpha value is -1.39. The zero-order valence-electron chi connectivity index (χ0n) is 9.67. The van der Waals surface area contributed by atoms with E-state index >= 15 is 0 Å². The molecule has 0 amide bonds. The maximum absolute atomic E-state index is 5.76. The summed E-state index contributed by atoms with van der Waals surface area (Å²) in [5, 5.41) is 1.60. The van der Waals surface area contributed by atoms with E-state index in [-0.39, 0.29) is 0 Å².